The summed E-state index contributed by atoms with van der Waals surface area (Å²) in [6.07, 6.45) is 0.572. The Bertz CT molecular complexity index is 1270. The minimum Gasteiger partial charge on any atom is -0.497 e. The predicted octanol–water partition coefficient (Wildman–Crippen LogP) is 6.48. The molecule has 1 aromatic heterocycles. The van der Waals surface area contributed by atoms with Gasteiger partial charge in [-0.15, -0.1) is 0 Å². The lowest BCUT2D eigenvalue weighted by Gasteiger charge is -2.09. The summed E-state index contributed by atoms with van der Waals surface area (Å²) in [4.78, 5) is 13.1. The van der Waals surface area contributed by atoms with Gasteiger partial charge in [-0.25, -0.2) is 4.68 Å². The second-order valence-electron chi connectivity index (χ2n) is 7.27. The van der Waals surface area contributed by atoms with Gasteiger partial charge in [-0.2, -0.15) is 5.10 Å². The summed E-state index contributed by atoms with van der Waals surface area (Å²) in [5.74, 6) is 0.497. The Hall–Kier alpha value is -2.99. The summed E-state index contributed by atoms with van der Waals surface area (Å²) in [7, 11) is 1.62. The molecule has 33 heavy (non-hydrogen) atoms. The Kier molecular flexibility index (Phi) is 7.23. The van der Waals surface area contributed by atoms with Crippen LogP contribution in [0.5, 0.6) is 5.75 Å². The molecule has 0 aliphatic rings. The number of benzene rings is 3. The normalized spacial score (nSPS) is 10.8. The van der Waals surface area contributed by atoms with Crippen molar-refractivity contribution >= 4 is 40.7 Å². The molecule has 0 bridgehead atoms. The number of aromatic nitrogens is 2. The topological polar surface area (TPSA) is 56.1 Å². The number of amides is 1. The van der Waals surface area contributed by atoms with E-state index in [0.29, 0.717) is 39.4 Å². The molecular formula is C25H20Cl3N3O2. The van der Waals surface area contributed by atoms with Crippen LogP contribution < -0.4 is 10.1 Å². The van der Waals surface area contributed by atoms with Crippen molar-refractivity contribution in [2.75, 3.05) is 13.7 Å². The highest BCUT2D eigenvalue weighted by Crippen LogP contribution is 2.25. The first-order valence-electron chi connectivity index (χ1n) is 10.2. The van der Waals surface area contributed by atoms with Crippen molar-refractivity contribution in [1.82, 2.24) is 15.1 Å². The van der Waals surface area contributed by atoms with Gasteiger partial charge in [-0.05, 0) is 78.7 Å². The Labute approximate surface area is 206 Å². The third kappa shape index (κ3) is 5.50. The van der Waals surface area contributed by atoms with Gasteiger partial charge in [0.1, 0.15) is 11.4 Å². The van der Waals surface area contributed by atoms with E-state index in [9.17, 15) is 4.79 Å². The van der Waals surface area contributed by atoms with Crippen LogP contribution in [0.1, 0.15) is 16.1 Å². The van der Waals surface area contributed by atoms with E-state index < -0.39 is 0 Å². The second kappa shape index (κ2) is 10.3. The zero-order valence-electron chi connectivity index (χ0n) is 17.7. The number of halogens is 3. The molecule has 4 rings (SSSR count). The van der Waals surface area contributed by atoms with Crippen LogP contribution >= 0.6 is 34.8 Å². The maximum atomic E-state index is 13.1. The van der Waals surface area contributed by atoms with E-state index in [-0.39, 0.29) is 5.91 Å². The lowest BCUT2D eigenvalue weighted by Crippen LogP contribution is -2.27. The van der Waals surface area contributed by atoms with Gasteiger partial charge >= 0.3 is 0 Å². The molecule has 168 valence electrons. The molecule has 5 nitrogen and oxygen atoms in total. The van der Waals surface area contributed by atoms with E-state index in [2.05, 4.69) is 10.4 Å². The summed E-state index contributed by atoms with van der Waals surface area (Å²) >= 11 is 18.2. The van der Waals surface area contributed by atoms with Gasteiger partial charge in [0.15, 0.2) is 0 Å². The highest BCUT2D eigenvalue weighted by molar-refractivity contribution is 6.35. The van der Waals surface area contributed by atoms with Gasteiger partial charge in [0.25, 0.3) is 5.91 Å². The highest BCUT2D eigenvalue weighted by Gasteiger charge is 2.18. The number of ether oxygens (including phenoxy) is 1. The van der Waals surface area contributed by atoms with Gasteiger partial charge in [0.2, 0.25) is 0 Å². The largest absolute Gasteiger partial charge is 0.497 e. The van der Waals surface area contributed by atoms with Gasteiger partial charge in [-0.3, -0.25) is 4.79 Å². The molecule has 0 aliphatic heterocycles. The van der Waals surface area contributed by atoms with Crippen LogP contribution in [-0.4, -0.2) is 29.3 Å². The molecule has 8 heteroatoms. The van der Waals surface area contributed by atoms with Gasteiger partial charge in [0, 0.05) is 27.2 Å². The lowest BCUT2D eigenvalue weighted by molar-refractivity contribution is 0.0946. The molecular weight excluding hydrogens is 481 g/mol. The van der Waals surface area contributed by atoms with Crippen LogP contribution in [-0.2, 0) is 6.42 Å². The minimum atomic E-state index is -0.248. The smallest absolute Gasteiger partial charge is 0.270 e. The average molecular weight is 501 g/mol. The highest BCUT2D eigenvalue weighted by atomic mass is 35.5. The van der Waals surface area contributed by atoms with Crippen molar-refractivity contribution in [2.24, 2.45) is 0 Å². The number of nitrogens with zero attached hydrogens (tertiary/aromatic N) is 2. The Morgan fingerprint density at radius 3 is 2.30 bits per heavy atom. The number of carbonyl (C=O) groups is 1. The van der Waals surface area contributed by atoms with Gasteiger partial charge in [-0.1, -0.05) is 40.9 Å². The molecule has 0 saturated carbocycles. The van der Waals surface area contributed by atoms with Gasteiger partial charge in [0.05, 0.1) is 18.5 Å². The van der Waals surface area contributed by atoms with E-state index >= 15 is 0 Å². The molecule has 0 unspecified atom stereocenters. The number of nitrogens with one attached hydrogen (secondary N) is 1. The van der Waals surface area contributed by atoms with E-state index in [1.165, 1.54) is 0 Å². The maximum absolute atomic E-state index is 13.1. The van der Waals surface area contributed by atoms with Crippen LogP contribution in [0.15, 0.2) is 72.8 Å². The first-order chi connectivity index (χ1) is 15.9. The third-order valence-corrected chi connectivity index (χ3v) is 5.93. The molecule has 0 spiro atoms. The van der Waals surface area contributed by atoms with Crippen molar-refractivity contribution in [3.63, 3.8) is 0 Å². The molecule has 1 N–H and O–H groups in total. The Balaban J connectivity index is 1.59. The molecule has 0 radical (unpaired) electrons. The van der Waals surface area contributed by atoms with Crippen LogP contribution in [0.2, 0.25) is 15.1 Å². The van der Waals surface area contributed by atoms with E-state index in [1.54, 1.807) is 42.1 Å². The molecule has 0 fully saturated rings. The fraction of sp³-hybridized carbons (Fsp3) is 0.120. The first-order valence-corrected chi connectivity index (χ1v) is 11.3. The van der Waals surface area contributed by atoms with Crippen molar-refractivity contribution in [2.45, 2.75) is 6.42 Å². The molecule has 0 saturated heterocycles. The van der Waals surface area contributed by atoms with E-state index in [4.69, 9.17) is 39.5 Å². The standard InChI is InChI=1S/C25H20Cl3N3O2/c1-33-21-10-3-17(4-11-21)23-15-24(31(30-23)20-8-6-18(26)7-9-20)25(32)29-13-12-16-2-5-19(27)14-22(16)28/h2-11,14-15H,12-13H2,1H3,(H,29,32). The van der Waals surface area contributed by atoms with Crippen LogP contribution in [0.4, 0.5) is 0 Å². The summed E-state index contributed by atoms with van der Waals surface area (Å²) in [6, 6.07) is 21.8. The lowest BCUT2D eigenvalue weighted by atomic mass is 10.1. The minimum absolute atomic E-state index is 0.248. The zero-order chi connectivity index (χ0) is 23.4. The summed E-state index contributed by atoms with van der Waals surface area (Å²) in [5, 5.41) is 9.39. The first kappa shape index (κ1) is 23.2. The summed E-state index contributed by atoms with van der Waals surface area (Å²) < 4.78 is 6.84. The van der Waals surface area contributed by atoms with Crippen LogP contribution in [0.3, 0.4) is 0 Å². The summed E-state index contributed by atoms with van der Waals surface area (Å²) in [6.45, 7) is 0.407. The van der Waals surface area contributed by atoms with Gasteiger partial charge < -0.3 is 10.1 Å². The average Bonchev–Trinajstić information content (AvgIpc) is 3.26. The monoisotopic (exact) mass is 499 g/mol. The SMILES string of the molecule is COc1ccc(-c2cc(C(=O)NCCc3ccc(Cl)cc3Cl)n(-c3ccc(Cl)cc3)n2)cc1. The Morgan fingerprint density at radius 2 is 1.64 bits per heavy atom. The molecule has 1 amide bonds. The Morgan fingerprint density at radius 1 is 0.939 bits per heavy atom. The van der Waals surface area contributed by atoms with E-state index in [0.717, 1.165) is 22.6 Å². The number of rotatable bonds is 7. The molecule has 0 atom stereocenters. The molecule has 4 aromatic rings. The quantitative estimate of drug-likeness (QED) is 0.316. The number of hydrogen-bond donors (Lipinski definition) is 1. The predicted molar refractivity (Wildman–Crippen MR) is 133 cm³/mol. The molecule has 1 heterocycles. The number of methoxy groups -OCH3 is 1. The molecule has 3 aromatic carbocycles. The van der Waals surface area contributed by atoms with Crippen molar-refractivity contribution < 1.29 is 9.53 Å². The summed E-state index contributed by atoms with van der Waals surface area (Å²) in [5.41, 5.74) is 3.57. The fourth-order valence-electron chi connectivity index (χ4n) is 3.35. The van der Waals surface area contributed by atoms with Crippen LogP contribution in [0, 0.1) is 0 Å². The number of carbonyl (C=O) groups excluding carboxylic acids is 1. The fourth-order valence-corrected chi connectivity index (χ4v) is 3.98. The number of hydrogen-bond acceptors (Lipinski definition) is 3. The second-order valence-corrected chi connectivity index (χ2v) is 8.55. The van der Waals surface area contributed by atoms with Crippen molar-refractivity contribution in [1.29, 1.82) is 0 Å². The van der Waals surface area contributed by atoms with E-state index in [1.807, 2.05) is 42.5 Å². The van der Waals surface area contributed by atoms with Crippen LogP contribution in [0.25, 0.3) is 16.9 Å². The maximum Gasteiger partial charge on any atom is 0.270 e. The molecule has 0 aliphatic carbocycles. The third-order valence-electron chi connectivity index (χ3n) is 5.09. The van der Waals surface area contributed by atoms with Crippen molar-refractivity contribution in [3.05, 3.63) is 99.1 Å². The van der Waals surface area contributed by atoms with Crippen molar-refractivity contribution in [3.8, 4) is 22.7 Å². The zero-order valence-corrected chi connectivity index (χ0v) is 20.0.